The van der Waals surface area contributed by atoms with Crippen LogP contribution in [0.3, 0.4) is 0 Å². The summed E-state index contributed by atoms with van der Waals surface area (Å²) in [7, 11) is 1.84. The van der Waals surface area contributed by atoms with E-state index in [4.69, 9.17) is 0 Å². The highest BCUT2D eigenvalue weighted by Gasteiger charge is 2.18. The van der Waals surface area contributed by atoms with Gasteiger partial charge in [0, 0.05) is 19.2 Å². The fourth-order valence-electron chi connectivity index (χ4n) is 2.55. The molecule has 1 aromatic carbocycles. The predicted octanol–water partition coefficient (Wildman–Crippen LogP) is 3.69. The fourth-order valence-corrected chi connectivity index (χ4v) is 2.55. The number of likely N-dealkylation sites (N-methyl/N-ethyl adjacent to an activating group) is 1. The number of carbonyl (C=O) groups excluding carboxylic acids is 1. The molecule has 0 bridgehead atoms. The SMILES string of the molecule is CCC(CC)c1ccc2c(c1)C=CCN(C)C2=O. The summed E-state index contributed by atoms with van der Waals surface area (Å²) in [4.78, 5) is 13.9. The van der Waals surface area contributed by atoms with E-state index in [0.717, 1.165) is 24.0 Å². The molecule has 0 saturated heterocycles. The maximum Gasteiger partial charge on any atom is 0.254 e. The molecule has 0 aromatic heterocycles. The summed E-state index contributed by atoms with van der Waals surface area (Å²) >= 11 is 0. The van der Waals surface area contributed by atoms with Crippen molar-refractivity contribution in [3.63, 3.8) is 0 Å². The first-order chi connectivity index (χ1) is 8.67. The third-order valence-electron chi connectivity index (χ3n) is 3.79. The van der Waals surface area contributed by atoms with E-state index in [9.17, 15) is 4.79 Å². The van der Waals surface area contributed by atoms with E-state index in [1.54, 1.807) is 4.90 Å². The molecule has 96 valence electrons. The average molecular weight is 243 g/mol. The van der Waals surface area contributed by atoms with Crippen LogP contribution < -0.4 is 0 Å². The maximum absolute atomic E-state index is 12.1. The first kappa shape index (κ1) is 12.9. The van der Waals surface area contributed by atoms with E-state index in [1.165, 1.54) is 5.56 Å². The van der Waals surface area contributed by atoms with Gasteiger partial charge >= 0.3 is 0 Å². The lowest BCUT2D eigenvalue weighted by molar-refractivity contribution is 0.0811. The number of rotatable bonds is 3. The summed E-state index contributed by atoms with van der Waals surface area (Å²) in [5, 5.41) is 0. The monoisotopic (exact) mass is 243 g/mol. The first-order valence-corrected chi connectivity index (χ1v) is 6.73. The molecule has 18 heavy (non-hydrogen) atoms. The number of nitrogens with zero attached hydrogens (tertiary/aromatic N) is 1. The Morgan fingerprint density at radius 2 is 2.00 bits per heavy atom. The van der Waals surface area contributed by atoms with Crippen LogP contribution >= 0.6 is 0 Å². The van der Waals surface area contributed by atoms with Crippen molar-refractivity contribution >= 4 is 12.0 Å². The van der Waals surface area contributed by atoms with Crippen molar-refractivity contribution in [1.82, 2.24) is 4.90 Å². The Labute approximate surface area is 109 Å². The van der Waals surface area contributed by atoms with E-state index < -0.39 is 0 Å². The number of carbonyl (C=O) groups is 1. The van der Waals surface area contributed by atoms with Crippen LogP contribution in [0.2, 0.25) is 0 Å². The van der Waals surface area contributed by atoms with Crippen LogP contribution in [0.4, 0.5) is 0 Å². The van der Waals surface area contributed by atoms with E-state index >= 15 is 0 Å². The molecule has 0 atom stereocenters. The number of benzene rings is 1. The van der Waals surface area contributed by atoms with Crippen molar-refractivity contribution in [2.45, 2.75) is 32.6 Å². The van der Waals surface area contributed by atoms with Gasteiger partial charge in [0.05, 0.1) is 0 Å². The first-order valence-electron chi connectivity index (χ1n) is 6.73. The zero-order valence-electron chi connectivity index (χ0n) is 11.4. The third kappa shape index (κ3) is 2.33. The quantitative estimate of drug-likeness (QED) is 0.793. The van der Waals surface area contributed by atoms with E-state index in [0.29, 0.717) is 12.5 Å². The van der Waals surface area contributed by atoms with Gasteiger partial charge in [-0.2, -0.15) is 0 Å². The second kappa shape index (κ2) is 5.38. The van der Waals surface area contributed by atoms with Crippen molar-refractivity contribution in [2.75, 3.05) is 13.6 Å². The van der Waals surface area contributed by atoms with Gasteiger partial charge < -0.3 is 4.90 Å². The van der Waals surface area contributed by atoms with Crippen LogP contribution in [-0.2, 0) is 0 Å². The largest absolute Gasteiger partial charge is 0.338 e. The average Bonchev–Trinajstić information content (AvgIpc) is 2.52. The molecule has 1 aliphatic heterocycles. The van der Waals surface area contributed by atoms with Crippen molar-refractivity contribution in [3.8, 4) is 0 Å². The molecule has 0 aliphatic carbocycles. The fraction of sp³-hybridized carbons (Fsp3) is 0.438. The zero-order chi connectivity index (χ0) is 13.1. The molecule has 2 rings (SSSR count). The van der Waals surface area contributed by atoms with E-state index in [-0.39, 0.29) is 5.91 Å². The lowest BCUT2D eigenvalue weighted by atomic mass is 9.91. The van der Waals surface area contributed by atoms with Crippen molar-refractivity contribution in [1.29, 1.82) is 0 Å². The molecule has 0 unspecified atom stereocenters. The van der Waals surface area contributed by atoms with Gasteiger partial charge in [-0.25, -0.2) is 0 Å². The van der Waals surface area contributed by atoms with Gasteiger partial charge in [-0.05, 0) is 36.0 Å². The summed E-state index contributed by atoms with van der Waals surface area (Å²) in [6, 6.07) is 6.28. The lowest BCUT2D eigenvalue weighted by Crippen LogP contribution is -2.26. The van der Waals surface area contributed by atoms with Gasteiger partial charge in [-0.15, -0.1) is 0 Å². The molecule has 0 fully saturated rings. The molecule has 0 saturated carbocycles. The maximum atomic E-state index is 12.1. The van der Waals surface area contributed by atoms with Crippen LogP contribution in [0.1, 0.15) is 54.1 Å². The molecule has 0 N–H and O–H groups in total. The van der Waals surface area contributed by atoms with Gasteiger partial charge in [-0.1, -0.05) is 38.1 Å². The Balaban J connectivity index is 2.43. The molecule has 1 aliphatic rings. The number of fused-ring (bicyclic) bond motifs is 1. The number of amides is 1. The summed E-state index contributed by atoms with van der Waals surface area (Å²) in [5.74, 6) is 0.714. The van der Waals surface area contributed by atoms with Gasteiger partial charge in [0.15, 0.2) is 0 Å². The predicted molar refractivity (Wildman–Crippen MR) is 75.8 cm³/mol. The van der Waals surface area contributed by atoms with Crippen LogP contribution in [0.25, 0.3) is 6.08 Å². The summed E-state index contributed by atoms with van der Waals surface area (Å²) in [6.45, 7) is 5.12. The van der Waals surface area contributed by atoms with Crippen molar-refractivity contribution in [2.24, 2.45) is 0 Å². The topological polar surface area (TPSA) is 20.3 Å². The number of hydrogen-bond donors (Lipinski definition) is 0. The van der Waals surface area contributed by atoms with Crippen LogP contribution in [0.15, 0.2) is 24.3 Å². The normalized spacial score (nSPS) is 14.9. The van der Waals surface area contributed by atoms with Gasteiger partial charge in [-0.3, -0.25) is 4.79 Å². The molecular weight excluding hydrogens is 222 g/mol. The molecule has 0 spiro atoms. The minimum atomic E-state index is 0.117. The Hall–Kier alpha value is -1.57. The second-order valence-electron chi connectivity index (χ2n) is 4.95. The second-order valence-corrected chi connectivity index (χ2v) is 4.95. The van der Waals surface area contributed by atoms with Crippen molar-refractivity contribution in [3.05, 3.63) is 41.0 Å². The Bertz CT molecular complexity index is 472. The lowest BCUT2D eigenvalue weighted by Gasteiger charge is -2.17. The molecule has 2 heteroatoms. The Morgan fingerprint density at radius 3 is 2.67 bits per heavy atom. The van der Waals surface area contributed by atoms with E-state index in [1.807, 2.05) is 13.1 Å². The molecule has 1 amide bonds. The Kier molecular flexibility index (Phi) is 3.85. The third-order valence-corrected chi connectivity index (χ3v) is 3.79. The van der Waals surface area contributed by atoms with E-state index in [2.05, 4.69) is 38.1 Å². The highest BCUT2D eigenvalue weighted by molar-refractivity contribution is 5.98. The number of hydrogen-bond acceptors (Lipinski definition) is 1. The van der Waals surface area contributed by atoms with Gasteiger partial charge in [0.1, 0.15) is 0 Å². The van der Waals surface area contributed by atoms with Gasteiger partial charge in [0.2, 0.25) is 0 Å². The minimum Gasteiger partial charge on any atom is -0.338 e. The molecule has 1 aromatic rings. The molecule has 0 radical (unpaired) electrons. The standard InChI is InChI=1S/C16H21NO/c1-4-12(5-2)13-8-9-15-14(11-13)7-6-10-17(3)16(15)18/h6-9,11-12H,4-5,10H2,1-3H3. The molecular formula is C16H21NO. The van der Waals surface area contributed by atoms with Gasteiger partial charge in [0.25, 0.3) is 5.91 Å². The minimum absolute atomic E-state index is 0.117. The van der Waals surface area contributed by atoms with Crippen molar-refractivity contribution < 1.29 is 4.79 Å². The zero-order valence-corrected chi connectivity index (χ0v) is 11.4. The highest BCUT2D eigenvalue weighted by Crippen LogP contribution is 2.27. The highest BCUT2D eigenvalue weighted by atomic mass is 16.2. The molecule has 1 heterocycles. The summed E-state index contributed by atoms with van der Waals surface area (Å²) in [6.07, 6.45) is 6.42. The Morgan fingerprint density at radius 1 is 1.28 bits per heavy atom. The van der Waals surface area contributed by atoms with Crippen LogP contribution in [0.5, 0.6) is 0 Å². The summed E-state index contributed by atoms with van der Waals surface area (Å²) in [5.41, 5.74) is 3.23. The van der Waals surface area contributed by atoms with Crippen LogP contribution in [0, 0.1) is 0 Å². The smallest absolute Gasteiger partial charge is 0.254 e. The van der Waals surface area contributed by atoms with Crippen LogP contribution in [-0.4, -0.2) is 24.4 Å². The molecule has 2 nitrogen and oxygen atoms in total. The summed E-state index contributed by atoms with van der Waals surface area (Å²) < 4.78 is 0.